The first-order valence-electron chi connectivity index (χ1n) is 8.54. The van der Waals surface area contributed by atoms with Crippen LogP contribution in [0.15, 0.2) is 18.2 Å². The van der Waals surface area contributed by atoms with Crippen LogP contribution < -0.4 is 10.8 Å². The molecule has 1 atom stereocenters. The predicted molar refractivity (Wildman–Crippen MR) is 99.4 cm³/mol. The van der Waals surface area contributed by atoms with E-state index in [2.05, 4.69) is 12.2 Å². The highest BCUT2D eigenvalue weighted by atomic mass is 16.7. The van der Waals surface area contributed by atoms with Gasteiger partial charge >= 0.3 is 7.12 Å². The quantitative estimate of drug-likeness (QED) is 0.457. The van der Waals surface area contributed by atoms with Crippen molar-refractivity contribution in [1.29, 1.82) is 5.41 Å². The van der Waals surface area contributed by atoms with Crippen LogP contribution in [-0.4, -0.2) is 37.9 Å². The molecule has 1 aromatic rings. The Morgan fingerprint density at radius 2 is 1.88 bits per heavy atom. The van der Waals surface area contributed by atoms with Gasteiger partial charge in [0.15, 0.2) is 0 Å². The molecule has 0 saturated carbocycles. The van der Waals surface area contributed by atoms with E-state index in [-0.39, 0.29) is 6.23 Å². The average molecular weight is 332 g/mol. The van der Waals surface area contributed by atoms with E-state index in [1.807, 2.05) is 45.9 Å². The summed E-state index contributed by atoms with van der Waals surface area (Å²) in [6, 6.07) is 5.86. The monoisotopic (exact) mass is 332 g/mol. The third kappa shape index (κ3) is 3.66. The van der Waals surface area contributed by atoms with Crippen LogP contribution >= 0.6 is 0 Å². The van der Waals surface area contributed by atoms with Crippen molar-refractivity contribution in [2.24, 2.45) is 0 Å². The Balaban J connectivity index is 2.33. The summed E-state index contributed by atoms with van der Waals surface area (Å²) in [7, 11) is 1.20. The van der Waals surface area contributed by atoms with E-state index in [1.54, 1.807) is 7.11 Å². The number of hydrogen-bond acceptors (Lipinski definition) is 5. The van der Waals surface area contributed by atoms with Gasteiger partial charge in [-0.05, 0) is 45.6 Å². The molecule has 1 unspecified atom stereocenters. The maximum Gasteiger partial charge on any atom is 0.495 e. The van der Waals surface area contributed by atoms with E-state index in [0.29, 0.717) is 0 Å². The Kier molecular flexibility index (Phi) is 5.73. The number of methoxy groups -OCH3 is 1. The molecular weight excluding hydrogens is 303 g/mol. The lowest BCUT2D eigenvalue weighted by molar-refractivity contribution is 0.00578. The minimum absolute atomic E-state index is 0.0813. The Morgan fingerprint density at radius 3 is 2.38 bits per heavy atom. The van der Waals surface area contributed by atoms with E-state index in [4.69, 9.17) is 19.5 Å². The van der Waals surface area contributed by atoms with E-state index in [9.17, 15) is 0 Å². The zero-order valence-electron chi connectivity index (χ0n) is 15.6. The first kappa shape index (κ1) is 19.0. The van der Waals surface area contributed by atoms with Crippen LogP contribution in [0.2, 0.25) is 0 Å². The fourth-order valence-electron chi connectivity index (χ4n) is 2.73. The Labute approximate surface area is 145 Å². The van der Waals surface area contributed by atoms with Gasteiger partial charge < -0.3 is 24.8 Å². The summed E-state index contributed by atoms with van der Waals surface area (Å²) in [5.74, 6) is 0. The molecule has 132 valence electrons. The summed E-state index contributed by atoms with van der Waals surface area (Å²) in [5, 5.41) is 11.2. The number of benzene rings is 1. The number of rotatable bonds is 7. The molecule has 0 radical (unpaired) electrons. The molecule has 0 aliphatic carbocycles. The fraction of sp³-hybridized carbons (Fsp3) is 0.611. The van der Waals surface area contributed by atoms with Gasteiger partial charge in [0.05, 0.1) is 11.2 Å². The molecule has 24 heavy (non-hydrogen) atoms. The van der Waals surface area contributed by atoms with Gasteiger partial charge in [0.25, 0.3) is 0 Å². The fourth-order valence-corrected chi connectivity index (χ4v) is 2.73. The van der Waals surface area contributed by atoms with Gasteiger partial charge in [0.2, 0.25) is 0 Å². The van der Waals surface area contributed by atoms with Crippen LogP contribution in [0.25, 0.3) is 0 Å². The molecule has 0 amide bonds. The summed E-state index contributed by atoms with van der Waals surface area (Å²) in [5.41, 5.74) is 1.68. The highest BCUT2D eigenvalue weighted by molar-refractivity contribution is 6.63. The second kappa shape index (κ2) is 7.25. The van der Waals surface area contributed by atoms with Crippen molar-refractivity contribution in [2.75, 3.05) is 12.4 Å². The highest BCUT2D eigenvalue weighted by Crippen LogP contribution is 2.37. The topological polar surface area (TPSA) is 63.6 Å². The second-order valence-corrected chi connectivity index (χ2v) is 7.20. The smallest absolute Gasteiger partial charge is 0.399 e. The Hall–Kier alpha value is -1.37. The SMILES string of the molecule is CCCC(Nc1cccc(B2OC(C)(C)C(C)(C)O2)c1C=N)OC. The zero-order valence-corrected chi connectivity index (χ0v) is 15.6. The molecule has 6 heteroatoms. The second-order valence-electron chi connectivity index (χ2n) is 7.20. The van der Waals surface area contributed by atoms with Gasteiger partial charge in [-0.3, -0.25) is 0 Å². The molecule has 1 saturated heterocycles. The standard InChI is InChI=1S/C18H29BN2O3/c1-7-9-16(22-6)21-15-11-8-10-14(13(15)12-20)19-23-17(2,3)18(4,5)24-19/h8,10-12,16,20-21H,7,9H2,1-6H3. The summed E-state index contributed by atoms with van der Waals surface area (Å²) in [4.78, 5) is 0. The number of hydrogen-bond donors (Lipinski definition) is 2. The minimum atomic E-state index is -0.486. The lowest BCUT2D eigenvalue weighted by Gasteiger charge is -2.32. The molecule has 1 aliphatic heterocycles. The van der Waals surface area contributed by atoms with Gasteiger partial charge in [-0.15, -0.1) is 0 Å². The summed E-state index contributed by atoms with van der Waals surface area (Å²) < 4.78 is 17.8. The Morgan fingerprint density at radius 1 is 1.25 bits per heavy atom. The maximum absolute atomic E-state index is 7.87. The van der Waals surface area contributed by atoms with Crippen LogP contribution in [-0.2, 0) is 14.0 Å². The lowest BCUT2D eigenvalue weighted by Crippen LogP contribution is -2.41. The van der Waals surface area contributed by atoms with Crippen molar-refractivity contribution >= 4 is 24.5 Å². The average Bonchev–Trinajstić information content (AvgIpc) is 2.74. The Bertz CT molecular complexity index is 574. The van der Waals surface area contributed by atoms with Crippen molar-refractivity contribution in [3.8, 4) is 0 Å². The molecule has 1 aromatic carbocycles. The van der Waals surface area contributed by atoms with E-state index >= 15 is 0 Å². The molecule has 2 rings (SSSR count). The van der Waals surface area contributed by atoms with Crippen LogP contribution in [0.4, 0.5) is 5.69 Å². The van der Waals surface area contributed by atoms with Gasteiger partial charge in [-0.25, -0.2) is 0 Å². The third-order valence-corrected chi connectivity index (χ3v) is 4.94. The van der Waals surface area contributed by atoms with E-state index in [1.165, 1.54) is 6.21 Å². The van der Waals surface area contributed by atoms with Crippen LogP contribution in [0.5, 0.6) is 0 Å². The molecule has 5 nitrogen and oxygen atoms in total. The van der Waals surface area contributed by atoms with Gasteiger partial charge in [0.1, 0.15) is 6.23 Å². The molecule has 2 N–H and O–H groups in total. The zero-order chi connectivity index (χ0) is 18.0. The predicted octanol–water partition coefficient (Wildman–Crippen LogP) is 3.17. The lowest BCUT2D eigenvalue weighted by atomic mass is 9.75. The molecule has 0 aromatic heterocycles. The molecule has 1 fully saturated rings. The van der Waals surface area contributed by atoms with Crippen molar-refractivity contribution in [3.63, 3.8) is 0 Å². The summed E-state index contributed by atoms with van der Waals surface area (Å²) >= 11 is 0. The summed E-state index contributed by atoms with van der Waals surface area (Å²) in [6.45, 7) is 10.2. The van der Waals surface area contributed by atoms with E-state index < -0.39 is 18.3 Å². The van der Waals surface area contributed by atoms with Gasteiger partial charge in [-0.1, -0.05) is 25.5 Å². The van der Waals surface area contributed by atoms with Crippen molar-refractivity contribution in [3.05, 3.63) is 23.8 Å². The van der Waals surface area contributed by atoms with Gasteiger partial charge in [0, 0.05) is 24.6 Å². The van der Waals surface area contributed by atoms with Crippen molar-refractivity contribution in [2.45, 2.75) is 64.9 Å². The van der Waals surface area contributed by atoms with Crippen LogP contribution in [0.1, 0.15) is 53.0 Å². The first-order chi connectivity index (χ1) is 11.3. The summed E-state index contributed by atoms with van der Waals surface area (Å²) in [6.07, 6.45) is 3.18. The minimum Gasteiger partial charge on any atom is -0.399 e. The number of nitrogens with one attached hydrogen (secondary N) is 2. The third-order valence-electron chi connectivity index (χ3n) is 4.94. The number of ether oxygens (including phenoxy) is 1. The number of anilines is 1. The molecule has 0 spiro atoms. The van der Waals surface area contributed by atoms with Crippen molar-refractivity contribution < 1.29 is 14.0 Å². The first-order valence-corrected chi connectivity index (χ1v) is 8.54. The van der Waals surface area contributed by atoms with Crippen molar-refractivity contribution in [1.82, 2.24) is 0 Å². The normalized spacial score (nSPS) is 20.0. The molecule has 1 heterocycles. The highest BCUT2D eigenvalue weighted by Gasteiger charge is 2.52. The van der Waals surface area contributed by atoms with Crippen LogP contribution in [0, 0.1) is 5.41 Å². The van der Waals surface area contributed by atoms with Gasteiger partial charge in [-0.2, -0.15) is 0 Å². The van der Waals surface area contributed by atoms with Crippen LogP contribution in [0.3, 0.4) is 0 Å². The largest absolute Gasteiger partial charge is 0.495 e. The molecule has 0 bridgehead atoms. The van der Waals surface area contributed by atoms with E-state index in [0.717, 1.165) is 29.6 Å². The molecule has 1 aliphatic rings. The maximum atomic E-state index is 7.87. The molecular formula is C18H29BN2O3.